The van der Waals surface area contributed by atoms with Gasteiger partial charge >= 0.3 is 0 Å². The lowest BCUT2D eigenvalue weighted by Crippen LogP contribution is -3.13. The van der Waals surface area contributed by atoms with E-state index in [-0.39, 0.29) is 18.0 Å². The fourth-order valence-corrected chi connectivity index (χ4v) is 4.85. The quantitative estimate of drug-likeness (QED) is 0.632. The second kappa shape index (κ2) is 6.86. The highest BCUT2D eigenvalue weighted by Gasteiger charge is 2.35. The monoisotopic (exact) mass is 375 g/mol. The van der Waals surface area contributed by atoms with Crippen molar-refractivity contribution in [1.82, 2.24) is 14.6 Å². The Kier molecular flexibility index (Phi) is 4.56. The van der Waals surface area contributed by atoms with Crippen LogP contribution in [0.25, 0.3) is 4.96 Å². The number of benzene rings is 1. The van der Waals surface area contributed by atoms with Gasteiger partial charge in [-0.05, 0) is 31.2 Å². The van der Waals surface area contributed by atoms with Gasteiger partial charge in [0.05, 0.1) is 26.3 Å². The molecule has 1 atom stereocenters. The van der Waals surface area contributed by atoms with Crippen LogP contribution in [0.3, 0.4) is 0 Å². The Hall–Kier alpha value is -2.16. The predicted octanol–water partition coefficient (Wildman–Crippen LogP) is 0.942. The number of ether oxygens (including phenoxy) is 1. The second-order valence-corrected chi connectivity index (χ2v) is 7.75. The van der Waals surface area contributed by atoms with Gasteiger partial charge in [-0.25, -0.2) is 4.98 Å². The Morgan fingerprint density at radius 2 is 1.96 bits per heavy atom. The van der Waals surface area contributed by atoms with Crippen molar-refractivity contribution < 1.29 is 19.8 Å². The largest absolute Gasteiger partial charge is 0.497 e. The number of thiazole rings is 1. The number of hydrogen-bond donors (Lipinski definition) is 3. The average Bonchev–Trinajstić information content (AvgIpc) is 3.15. The zero-order chi connectivity index (χ0) is 18.3. The maximum Gasteiger partial charge on any atom is 0.235 e. The first-order valence-corrected chi connectivity index (χ1v) is 9.60. The van der Waals surface area contributed by atoms with Crippen LogP contribution in [0.2, 0.25) is 0 Å². The van der Waals surface area contributed by atoms with E-state index in [0.717, 1.165) is 42.1 Å². The van der Waals surface area contributed by atoms with Crippen molar-refractivity contribution in [3.63, 3.8) is 0 Å². The van der Waals surface area contributed by atoms with Gasteiger partial charge in [0, 0.05) is 18.4 Å². The van der Waals surface area contributed by atoms with Crippen molar-refractivity contribution in [2.75, 3.05) is 20.2 Å². The number of quaternary nitrogens is 1. The number of rotatable bonds is 4. The lowest BCUT2D eigenvalue weighted by molar-refractivity contribution is -0.931. The molecule has 26 heavy (non-hydrogen) atoms. The number of aryl methyl sites for hydroxylation is 1. The number of aliphatic hydroxyl groups excluding tert-OH is 1. The summed E-state index contributed by atoms with van der Waals surface area (Å²) in [4.78, 5) is 7.28. The molecule has 1 aromatic carbocycles. The molecule has 1 saturated heterocycles. The number of nitrogens with zero attached hydrogens (tertiary/aromatic N) is 3. The minimum atomic E-state index is -0.228. The maximum absolute atomic E-state index is 10.8. The molecule has 0 radical (unpaired) electrons. The van der Waals surface area contributed by atoms with E-state index in [1.165, 1.54) is 20.8 Å². The van der Waals surface area contributed by atoms with Crippen molar-refractivity contribution in [3.05, 3.63) is 40.5 Å². The van der Waals surface area contributed by atoms with Gasteiger partial charge in [-0.2, -0.15) is 4.52 Å². The number of aliphatic hydroxyl groups is 1. The van der Waals surface area contributed by atoms with Crippen LogP contribution in [-0.4, -0.2) is 51.1 Å². The van der Waals surface area contributed by atoms with Gasteiger partial charge in [0.1, 0.15) is 16.5 Å². The summed E-state index contributed by atoms with van der Waals surface area (Å²) in [5, 5.41) is 25.0. The highest BCUT2D eigenvalue weighted by Crippen LogP contribution is 2.35. The second-order valence-electron chi connectivity index (χ2n) is 6.74. The molecule has 2 aromatic heterocycles. The lowest BCUT2D eigenvalue weighted by Gasteiger charge is -2.33. The molecule has 3 aromatic rings. The summed E-state index contributed by atoms with van der Waals surface area (Å²) in [7, 11) is 1.65. The summed E-state index contributed by atoms with van der Waals surface area (Å²) in [6.45, 7) is 3.52. The molecular formula is C18H23N4O3S+. The molecule has 1 aliphatic heterocycles. The number of methoxy groups -OCH3 is 1. The lowest BCUT2D eigenvalue weighted by atomic mass is 9.99. The normalized spacial score (nSPS) is 21.8. The standard InChI is InChI=1S/C18H22N4O3S/c1-11-19-18-22(20-11)17(24)16(26-18)15(21-9-7-13(23)8-10-21)12-3-5-14(25-2)6-4-12/h3-6,13,15,23-24H,7-10H2,1-2H3/p+1/t15-/m1/s1. The van der Waals surface area contributed by atoms with Crippen molar-refractivity contribution in [3.8, 4) is 11.6 Å². The molecule has 7 nitrogen and oxygen atoms in total. The average molecular weight is 375 g/mol. The van der Waals surface area contributed by atoms with E-state index in [9.17, 15) is 10.2 Å². The summed E-state index contributed by atoms with van der Waals surface area (Å²) >= 11 is 1.48. The Morgan fingerprint density at radius 1 is 1.27 bits per heavy atom. The summed E-state index contributed by atoms with van der Waals surface area (Å²) in [6.07, 6.45) is 1.31. The molecular weight excluding hydrogens is 352 g/mol. The molecule has 0 bridgehead atoms. The van der Waals surface area contributed by atoms with E-state index in [2.05, 4.69) is 10.1 Å². The molecule has 0 spiro atoms. The van der Waals surface area contributed by atoms with Crippen LogP contribution >= 0.6 is 11.3 Å². The molecule has 8 heteroatoms. The minimum absolute atomic E-state index is 0.0257. The third-order valence-electron chi connectivity index (χ3n) is 5.02. The fourth-order valence-electron chi connectivity index (χ4n) is 3.67. The Morgan fingerprint density at radius 3 is 2.58 bits per heavy atom. The predicted molar refractivity (Wildman–Crippen MR) is 98.0 cm³/mol. The van der Waals surface area contributed by atoms with E-state index in [1.54, 1.807) is 7.11 Å². The molecule has 0 aliphatic carbocycles. The molecule has 1 aliphatic rings. The van der Waals surface area contributed by atoms with E-state index in [4.69, 9.17) is 4.74 Å². The number of piperidine rings is 1. The van der Waals surface area contributed by atoms with E-state index >= 15 is 0 Å². The Bertz CT molecular complexity index is 897. The minimum Gasteiger partial charge on any atom is -0.497 e. The van der Waals surface area contributed by atoms with Gasteiger partial charge in [-0.3, -0.25) is 0 Å². The molecule has 3 heterocycles. The van der Waals surface area contributed by atoms with E-state index < -0.39 is 0 Å². The van der Waals surface area contributed by atoms with Gasteiger partial charge in [0.25, 0.3) is 0 Å². The molecule has 3 N–H and O–H groups in total. The van der Waals surface area contributed by atoms with Crippen LogP contribution < -0.4 is 9.64 Å². The van der Waals surface area contributed by atoms with Gasteiger partial charge in [-0.15, -0.1) is 5.10 Å². The Balaban J connectivity index is 1.77. The highest BCUT2D eigenvalue weighted by atomic mass is 32.1. The summed E-state index contributed by atoms with van der Waals surface area (Å²) < 4.78 is 6.79. The first kappa shape index (κ1) is 17.3. The zero-order valence-electron chi connectivity index (χ0n) is 14.8. The number of aromatic hydroxyl groups is 1. The van der Waals surface area contributed by atoms with Gasteiger partial charge in [-0.1, -0.05) is 11.3 Å². The van der Waals surface area contributed by atoms with E-state index in [0.29, 0.717) is 10.8 Å². The van der Waals surface area contributed by atoms with Gasteiger partial charge in [0.2, 0.25) is 10.8 Å². The SMILES string of the molecule is COc1ccc([C@H](c2sc3nc(C)nn3c2O)[NH+]2CCC(O)CC2)cc1. The first-order valence-electron chi connectivity index (χ1n) is 8.78. The molecule has 0 saturated carbocycles. The summed E-state index contributed by atoms with van der Waals surface area (Å²) in [5.41, 5.74) is 1.11. The molecule has 0 unspecified atom stereocenters. The third-order valence-corrected chi connectivity index (χ3v) is 6.11. The molecule has 138 valence electrons. The van der Waals surface area contributed by atoms with Crippen LogP contribution in [0, 0.1) is 6.92 Å². The van der Waals surface area contributed by atoms with Gasteiger partial charge < -0.3 is 19.8 Å². The van der Waals surface area contributed by atoms with Crippen molar-refractivity contribution in [1.29, 1.82) is 0 Å². The van der Waals surface area contributed by atoms with Crippen LogP contribution in [0.1, 0.15) is 35.1 Å². The number of hydrogen-bond acceptors (Lipinski definition) is 6. The summed E-state index contributed by atoms with van der Waals surface area (Å²) in [5.74, 6) is 1.61. The first-order chi connectivity index (χ1) is 12.6. The van der Waals surface area contributed by atoms with E-state index in [1.807, 2.05) is 31.2 Å². The molecule has 1 fully saturated rings. The van der Waals surface area contributed by atoms with Gasteiger partial charge in [0.15, 0.2) is 6.04 Å². The molecule has 4 rings (SSSR count). The van der Waals surface area contributed by atoms with Crippen LogP contribution in [0.4, 0.5) is 0 Å². The topological polar surface area (TPSA) is 84.3 Å². The Labute approximate surface area is 155 Å². The van der Waals surface area contributed by atoms with Crippen LogP contribution in [-0.2, 0) is 0 Å². The van der Waals surface area contributed by atoms with Crippen LogP contribution in [0.5, 0.6) is 11.6 Å². The smallest absolute Gasteiger partial charge is 0.235 e. The number of likely N-dealkylation sites (tertiary alicyclic amines) is 1. The summed E-state index contributed by atoms with van der Waals surface area (Å²) in [6, 6.07) is 7.95. The third kappa shape index (κ3) is 3.04. The molecule has 0 amide bonds. The highest BCUT2D eigenvalue weighted by molar-refractivity contribution is 7.17. The maximum atomic E-state index is 10.8. The van der Waals surface area contributed by atoms with Crippen LogP contribution in [0.15, 0.2) is 24.3 Å². The number of fused-ring (bicyclic) bond motifs is 1. The zero-order valence-corrected chi connectivity index (χ0v) is 15.7. The number of aromatic nitrogens is 3. The van der Waals surface area contributed by atoms with Crippen molar-refractivity contribution in [2.45, 2.75) is 31.9 Å². The number of nitrogens with one attached hydrogen (secondary N) is 1. The van der Waals surface area contributed by atoms with Crippen molar-refractivity contribution in [2.24, 2.45) is 0 Å². The van der Waals surface area contributed by atoms with Crippen molar-refractivity contribution >= 4 is 16.3 Å². The fraction of sp³-hybridized carbons (Fsp3) is 0.444.